The van der Waals surface area contributed by atoms with E-state index in [-0.39, 0.29) is 17.7 Å². The Kier molecular flexibility index (Phi) is 4.10. The monoisotopic (exact) mass is 307 g/mol. The number of likely N-dealkylation sites (tertiary alicyclic amines) is 1. The number of carbonyl (C=O) groups excluding carboxylic acids is 2. The van der Waals surface area contributed by atoms with Crippen LogP contribution in [0.4, 0.5) is 5.82 Å². The third-order valence-corrected chi connectivity index (χ3v) is 4.50. The van der Waals surface area contributed by atoms with Crippen molar-refractivity contribution in [2.75, 3.05) is 11.9 Å². The lowest BCUT2D eigenvalue weighted by Crippen LogP contribution is -2.35. The van der Waals surface area contributed by atoms with Gasteiger partial charge in [0.05, 0.1) is 10.9 Å². The van der Waals surface area contributed by atoms with Crippen molar-refractivity contribution >= 4 is 29.2 Å². The predicted molar refractivity (Wildman–Crippen MR) is 80.0 cm³/mol. The van der Waals surface area contributed by atoms with E-state index in [2.05, 4.69) is 10.3 Å². The molecule has 0 bridgehead atoms. The van der Waals surface area contributed by atoms with Gasteiger partial charge < -0.3 is 10.2 Å². The number of aromatic nitrogens is 1. The average molecular weight is 308 g/mol. The van der Waals surface area contributed by atoms with Crippen molar-refractivity contribution < 1.29 is 9.59 Å². The molecular weight excluding hydrogens is 290 g/mol. The first-order valence-electron chi connectivity index (χ1n) is 7.35. The third kappa shape index (κ3) is 3.18. The van der Waals surface area contributed by atoms with Crippen molar-refractivity contribution in [2.45, 2.75) is 38.1 Å². The number of anilines is 1. The molecule has 21 heavy (non-hydrogen) atoms. The number of pyridine rings is 1. The highest BCUT2D eigenvalue weighted by molar-refractivity contribution is 6.30. The van der Waals surface area contributed by atoms with Gasteiger partial charge in [0.2, 0.25) is 11.8 Å². The zero-order valence-electron chi connectivity index (χ0n) is 11.7. The molecule has 6 heteroatoms. The fraction of sp³-hybridized carbons (Fsp3) is 0.533. The number of rotatable bonds is 3. The van der Waals surface area contributed by atoms with Gasteiger partial charge in [-0.1, -0.05) is 24.4 Å². The van der Waals surface area contributed by atoms with Crippen LogP contribution in [0.1, 0.15) is 32.1 Å². The quantitative estimate of drug-likeness (QED) is 0.933. The molecule has 2 amide bonds. The summed E-state index contributed by atoms with van der Waals surface area (Å²) in [5.74, 6) is 0.150. The first-order valence-corrected chi connectivity index (χ1v) is 7.73. The molecule has 1 aromatic rings. The summed E-state index contributed by atoms with van der Waals surface area (Å²) in [5.41, 5.74) is 0. The molecule has 1 saturated heterocycles. The van der Waals surface area contributed by atoms with Crippen LogP contribution in [-0.4, -0.2) is 34.3 Å². The number of nitrogens with one attached hydrogen (secondary N) is 1. The van der Waals surface area contributed by atoms with E-state index in [4.69, 9.17) is 11.6 Å². The summed E-state index contributed by atoms with van der Waals surface area (Å²) in [6, 6.07) is 3.67. The number of carbonyl (C=O) groups is 2. The fourth-order valence-corrected chi connectivity index (χ4v) is 3.27. The van der Waals surface area contributed by atoms with Crippen molar-refractivity contribution in [1.29, 1.82) is 0 Å². The molecule has 1 aliphatic carbocycles. The van der Waals surface area contributed by atoms with Crippen LogP contribution in [0, 0.1) is 5.92 Å². The highest BCUT2D eigenvalue weighted by Crippen LogP contribution is 2.29. The molecular formula is C15H18ClN3O2. The molecule has 2 heterocycles. The van der Waals surface area contributed by atoms with Crippen LogP contribution in [0.2, 0.25) is 5.02 Å². The minimum Gasteiger partial charge on any atom is -0.339 e. The summed E-state index contributed by atoms with van der Waals surface area (Å²) in [7, 11) is 0. The van der Waals surface area contributed by atoms with Crippen molar-refractivity contribution in [3.05, 3.63) is 23.4 Å². The molecule has 2 fully saturated rings. The van der Waals surface area contributed by atoms with Crippen molar-refractivity contribution in [3.63, 3.8) is 0 Å². The highest BCUT2D eigenvalue weighted by atomic mass is 35.5. The lowest BCUT2D eigenvalue weighted by atomic mass is 10.1. The summed E-state index contributed by atoms with van der Waals surface area (Å²) < 4.78 is 0. The van der Waals surface area contributed by atoms with E-state index in [1.807, 2.05) is 4.90 Å². The van der Waals surface area contributed by atoms with Gasteiger partial charge in [0.15, 0.2) is 0 Å². The van der Waals surface area contributed by atoms with E-state index < -0.39 is 0 Å². The van der Waals surface area contributed by atoms with Crippen LogP contribution in [0.15, 0.2) is 18.3 Å². The van der Waals surface area contributed by atoms with Gasteiger partial charge in [-0.2, -0.15) is 0 Å². The van der Waals surface area contributed by atoms with Crippen molar-refractivity contribution in [2.24, 2.45) is 5.92 Å². The van der Waals surface area contributed by atoms with E-state index in [0.29, 0.717) is 29.8 Å². The summed E-state index contributed by atoms with van der Waals surface area (Å²) >= 11 is 5.76. The lowest BCUT2D eigenvalue weighted by molar-refractivity contribution is -0.129. The number of nitrogens with zero attached hydrogens (tertiary/aromatic N) is 2. The van der Waals surface area contributed by atoms with Crippen LogP contribution in [0.25, 0.3) is 0 Å². The molecule has 3 rings (SSSR count). The number of hydrogen-bond acceptors (Lipinski definition) is 3. The van der Waals surface area contributed by atoms with Crippen LogP contribution in [0.5, 0.6) is 0 Å². The SMILES string of the molecule is O=C(Nc1ccc(Cl)cn1)[C@H]1CC(=O)N(C2CCCC2)C1. The fourth-order valence-electron chi connectivity index (χ4n) is 3.15. The van der Waals surface area contributed by atoms with Gasteiger partial charge in [0, 0.05) is 25.2 Å². The Bertz CT molecular complexity index is 540. The normalized spacial score (nSPS) is 22.8. The second-order valence-corrected chi connectivity index (χ2v) is 6.17. The molecule has 1 saturated carbocycles. The van der Waals surface area contributed by atoms with E-state index in [1.165, 1.54) is 19.0 Å². The van der Waals surface area contributed by atoms with Gasteiger partial charge in [-0.05, 0) is 25.0 Å². The van der Waals surface area contributed by atoms with Gasteiger partial charge in [-0.25, -0.2) is 4.98 Å². The van der Waals surface area contributed by atoms with E-state index in [0.717, 1.165) is 12.8 Å². The van der Waals surface area contributed by atoms with E-state index in [9.17, 15) is 9.59 Å². The Morgan fingerprint density at radius 3 is 2.76 bits per heavy atom. The summed E-state index contributed by atoms with van der Waals surface area (Å²) in [4.78, 5) is 30.3. The van der Waals surface area contributed by atoms with Gasteiger partial charge in [-0.15, -0.1) is 0 Å². The number of hydrogen-bond donors (Lipinski definition) is 1. The van der Waals surface area contributed by atoms with Crippen molar-refractivity contribution in [3.8, 4) is 0 Å². The largest absolute Gasteiger partial charge is 0.339 e. The zero-order valence-corrected chi connectivity index (χ0v) is 12.5. The Hall–Kier alpha value is -1.62. The molecule has 0 spiro atoms. The highest BCUT2D eigenvalue weighted by Gasteiger charge is 2.38. The third-order valence-electron chi connectivity index (χ3n) is 4.27. The molecule has 5 nitrogen and oxygen atoms in total. The van der Waals surface area contributed by atoms with Gasteiger partial charge in [0.1, 0.15) is 5.82 Å². The predicted octanol–water partition coefficient (Wildman–Crippen LogP) is 2.46. The van der Waals surface area contributed by atoms with Gasteiger partial charge >= 0.3 is 0 Å². The zero-order chi connectivity index (χ0) is 14.8. The average Bonchev–Trinajstić information content (AvgIpc) is 3.10. The molecule has 112 valence electrons. The van der Waals surface area contributed by atoms with Crippen LogP contribution in [-0.2, 0) is 9.59 Å². The molecule has 1 aliphatic heterocycles. The van der Waals surface area contributed by atoms with E-state index in [1.54, 1.807) is 12.1 Å². The first kappa shape index (κ1) is 14.3. The van der Waals surface area contributed by atoms with Crippen LogP contribution in [0.3, 0.4) is 0 Å². The summed E-state index contributed by atoms with van der Waals surface area (Å²) in [6.45, 7) is 0.531. The summed E-state index contributed by atoms with van der Waals surface area (Å²) in [5, 5.41) is 3.28. The molecule has 0 unspecified atom stereocenters. The Balaban J connectivity index is 1.60. The van der Waals surface area contributed by atoms with Crippen molar-refractivity contribution in [1.82, 2.24) is 9.88 Å². The Labute approximate surface area is 128 Å². The van der Waals surface area contributed by atoms with Crippen LogP contribution >= 0.6 is 11.6 Å². The molecule has 2 aliphatic rings. The van der Waals surface area contributed by atoms with Crippen LogP contribution < -0.4 is 5.32 Å². The van der Waals surface area contributed by atoms with Gasteiger partial charge in [0.25, 0.3) is 0 Å². The second-order valence-electron chi connectivity index (χ2n) is 5.74. The molecule has 0 radical (unpaired) electrons. The minimum atomic E-state index is -0.282. The van der Waals surface area contributed by atoms with Gasteiger partial charge in [-0.3, -0.25) is 9.59 Å². The smallest absolute Gasteiger partial charge is 0.230 e. The molecule has 1 N–H and O–H groups in total. The first-order chi connectivity index (χ1) is 10.1. The lowest BCUT2D eigenvalue weighted by Gasteiger charge is -2.23. The number of halogens is 1. The second kappa shape index (κ2) is 6.02. The van der Waals surface area contributed by atoms with E-state index >= 15 is 0 Å². The molecule has 0 aromatic carbocycles. The summed E-state index contributed by atoms with van der Waals surface area (Å²) in [6.07, 6.45) is 6.29. The molecule has 1 atom stereocenters. The maximum absolute atomic E-state index is 12.2. The maximum Gasteiger partial charge on any atom is 0.230 e. The molecule has 1 aromatic heterocycles. The topological polar surface area (TPSA) is 62.3 Å². The standard InChI is InChI=1S/C15H18ClN3O2/c16-11-5-6-13(17-8-11)18-15(21)10-7-14(20)19(9-10)12-3-1-2-4-12/h5-6,8,10,12H,1-4,7,9H2,(H,17,18,21)/t10-/m0/s1. The Morgan fingerprint density at radius 1 is 1.33 bits per heavy atom. The Morgan fingerprint density at radius 2 is 2.10 bits per heavy atom. The number of amides is 2. The minimum absolute atomic E-state index is 0.103. The maximum atomic E-state index is 12.2.